The van der Waals surface area contributed by atoms with Crippen LogP contribution in [0.2, 0.25) is 0 Å². The van der Waals surface area contributed by atoms with Gasteiger partial charge in [0.05, 0.1) is 18.7 Å². The number of hydrogen-bond donors (Lipinski definition) is 1. The van der Waals surface area contributed by atoms with E-state index in [9.17, 15) is 9.18 Å². The number of nitrogens with one attached hydrogen (secondary N) is 1. The molecule has 6 nitrogen and oxygen atoms in total. The number of halogens is 1. The summed E-state index contributed by atoms with van der Waals surface area (Å²) >= 11 is 0. The van der Waals surface area contributed by atoms with Crippen LogP contribution in [-0.4, -0.2) is 36.1 Å². The van der Waals surface area contributed by atoms with Gasteiger partial charge < -0.3 is 15.0 Å². The monoisotopic (exact) mass is 420 g/mol. The van der Waals surface area contributed by atoms with E-state index >= 15 is 0 Å². The SMILES string of the molecule is COc1ccc(-c2cc(N3CCCC(C(=O)NCc4ccccc4F)C3)ncn2)cc1. The molecule has 2 heterocycles. The van der Waals surface area contributed by atoms with Gasteiger partial charge in [0.15, 0.2) is 0 Å². The normalized spacial score (nSPS) is 16.1. The van der Waals surface area contributed by atoms with E-state index in [1.807, 2.05) is 30.3 Å². The van der Waals surface area contributed by atoms with Crippen LogP contribution in [0.5, 0.6) is 5.75 Å². The molecule has 0 aliphatic carbocycles. The number of carbonyl (C=O) groups is 1. The van der Waals surface area contributed by atoms with E-state index < -0.39 is 0 Å². The van der Waals surface area contributed by atoms with Crippen LogP contribution in [0.15, 0.2) is 60.9 Å². The van der Waals surface area contributed by atoms with Crippen molar-refractivity contribution in [2.45, 2.75) is 19.4 Å². The lowest BCUT2D eigenvalue weighted by Gasteiger charge is -2.33. The van der Waals surface area contributed by atoms with Crippen LogP contribution in [0.3, 0.4) is 0 Å². The van der Waals surface area contributed by atoms with E-state index in [4.69, 9.17) is 4.74 Å². The summed E-state index contributed by atoms with van der Waals surface area (Å²) in [5, 5.41) is 2.88. The van der Waals surface area contributed by atoms with Crippen LogP contribution in [0, 0.1) is 11.7 Å². The second kappa shape index (κ2) is 9.55. The summed E-state index contributed by atoms with van der Waals surface area (Å²) in [6.07, 6.45) is 3.24. The maximum absolute atomic E-state index is 13.8. The molecule has 1 fully saturated rings. The molecule has 1 N–H and O–H groups in total. The number of anilines is 1. The number of methoxy groups -OCH3 is 1. The van der Waals surface area contributed by atoms with Gasteiger partial charge >= 0.3 is 0 Å². The summed E-state index contributed by atoms with van der Waals surface area (Å²) in [5.74, 6) is 1.06. The standard InChI is InChI=1S/C24H25FN4O2/c1-31-20-10-8-17(9-11-20)22-13-23(28-16-27-22)29-12-4-6-19(15-29)24(30)26-14-18-5-2-3-7-21(18)25/h2-3,5,7-11,13,16,19H,4,6,12,14-15H2,1H3,(H,26,30). The highest BCUT2D eigenvalue weighted by Crippen LogP contribution is 2.26. The number of piperidine rings is 1. The molecule has 0 spiro atoms. The predicted octanol–water partition coefficient (Wildman–Crippen LogP) is 3.82. The zero-order chi connectivity index (χ0) is 21.6. The first-order valence-electron chi connectivity index (χ1n) is 10.4. The maximum Gasteiger partial charge on any atom is 0.225 e. The first-order valence-corrected chi connectivity index (χ1v) is 10.4. The predicted molar refractivity (Wildman–Crippen MR) is 117 cm³/mol. The average Bonchev–Trinajstić information content (AvgIpc) is 2.83. The third kappa shape index (κ3) is 4.99. The molecule has 4 rings (SSSR count). The first kappa shape index (κ1) is 20.8. The second-order valence-electron chi connectivity index (χ2n) is 7.58. The Bertz CT molecular complexity index is 1040. The van der Waals surface area contributed by atoms with Crippen molar-refractivity contribution in [3.63, 3.8) is 0 Å². The van der Waals surface area contributed by atoms with Crippen molar-refractivity contribution in [3.8, 4) is 17.0 Å². The minimum Gasteiger partial charge on any atom is -0.497 e. The molecular formula is C24H25FN4O2. The van der Waals surface area contributed by atoms with Crippen molar-refractivity contribution in [1.82, 2.24) is 15.3 Å². The molecule has 160 valence electrons. The van der Waals surface area contributed by atoms with Crippen LogP contribution >= 0.6 is 0 Å². The van der Waals surface area contributed by atoms with Crippen molar-refractivity contribution in [2.75, 3.05) is 25.1 Å². The number of aromatic nitrogens is 2. The molecule has 3 aromatic rings. The number of ether oxygens (including phenoxy) is 1. The molecule has 1 atom stereocenters. The van der Waals surface area contributed by atoms with Gasteiger partial charge in [0.2, 0.25) is 5.91 Å². The Morgan fingerprint density at radius 1 is 1.19 bits per heavy atom. The topological polar surface area (TPSA) is 67.3 Å². The Kier molecular flexibility index (Phi) is 6.40. The minimum atomic E-state index is -0.305. The van der Waals surface area contributed by atoms with Gasteiger partial charge in [-0.2, -0.15) is 0 Å². The summed E-state index contributed by atoms with van der Waals surface area (Å²) in [6.45, 7) is 1.59. The quantitative estimate of drug-likeness (QED) is 0.657. The van der Waals surface area contributed by atoms with Gasteiger partial charge in [0, 0.05) is 36.8 Å². The zero-order valence-electron chi connectivity index (χ0n) is 17.4. The van der Waals surface area contributed by atoms with E-state index in [0.29, 0.717) is 12.1 Å². The number of rotatable bonds is 6. The van der Waals surface area contributed by atoms with Gasteiger partial charge in [0.1, 0.15) is 23.7 Å². The molecule has 1 amide bonds. The minimum absolute atomic E-state index is 0.0580. The average molecular weight is 420 g/mol. The lowest BCUT2D eigenvalue weighted by atomic mass is 9.97. The lowest BCUT2D eigenvalue weighted by Crippen LogP contribution is -2.43. The Morgan fingerprint density at radius 3 is 2.77 bits per heavy atom. The Labute approximate surface area is 181 Å². The largest absolute Gasteiger partial charge is 0.497 e. The fourth-order valence-electron chi connectivity index (χ4n) is 3.81. The highest BCUT2D eigenvalue weighted by atomic mass is 19.1. The summed E-state index contributed by atoms with van der Waals surface area (Å²) in [5.41, 5.74) is 2.28. The molecule has 1 aliphatic heterocycles. The molecule has 1 unspecified atom stereocenters. The zero-order valence-corrected chi connectivity index (χ0v) is 17.4. The van der Waals surface area contributed by atoms with E-state index in [1.165, 1.54) is 6.07 Å². The molecule has 1 aromatic heterocycles. The Morgan fingerprint density at radius 2 is 2.00 bits per heavy atom. The van der Waals surface area contributed by atoms with Crippen LogP contribution in [0.1, 0.15) is 18.4 Å². The van der Waals surface area contributed by atoms with Gasteiger partial charge in [-0.1, -0.05) is 18.2 Å². The van der Waals surface area contributed by atoms with Crippen molar-refractivity contribution in [3.05, 3.63) is 72.3 Å². The Balaban J connectivity index is 1.42. The molecule has 2 aromatic carbocycles. The molecular weight excluding hydrogens is 395 g/mol. The molecule has 0 radical (unpaired) electrons. The smallest absolute Gasteiger partial charge is 0.225 e. The van der Waals surface area contributed by atoms with Gasteiger partial charge in [-0.05, 0) is 43.2 Å². The van der Waals surface area contributed by atoms with Gasteiger partial charge in [0.25, 0.3) is 0 Å². The fraction of sp³-hybridized carbons (Fsp3) is 0.292. The van der Waals surface area contributed by atoms with E-state index in [0.717, 1.165) is 42.2 Å². The van der Waals surface area contributed by atoms with Crippen molar-refractivity contribution < 1.29 is 13.9 Å². The molecule has 0 bridgehead atoms. The Hall–Kier alpha value is -3.48. The van der Waals surface area contributed by atoms with Crippen molar-refractivity contribution in [2.24, 2.45) is 5.92 Å². The van der Waals surface area contributed by atoms with Crippen molar-refractivity contribution >= 4 is 11.7 Å². The van der Waals surface area contributed by atoms with Crippen LogP contribution in [0.25, 0.3) is 11.3 Å². The lowest BCUT2D eigenvalue weighted by molar-refractivity contribution is -0.125. The molecule has 1 aliphatic rings. The second-order valence-corrected chi connectivity index (χ2v) is 7.58. The third-order valence-corrected chi connectivity index (χ3v) is 5.57. The van der Waals surface area contributed by atoms with Gasteiger partial charge in [-0.3, -0.25) is 4.79 Å². The number of amides is 1. The number of carbonyl (C=O) groups excluding carboxylic acids is 1. The fourth-order valence-corrected chi connectivity index (χ4v) is 3.81. The maximum atomic E-state index is 13.8. The summed E-state index contributed by atoms with van der Waals surface area (Å²) < 4.78 is 19.0. The van der Waals surface area contributed by atoms with E-state index in [1.54, 1.807) is 31.6 Å². The highest BCUT2D eigenvalue weighted by molar-refractivity contribution is 5.79. The molecule has 7 heteroatoms. The molecule has 0 saturated carbocycles. The molecule has 1 saturated heterocycles. The number of benzene rings is 2. The first-order chi connectivity index (χ1) is 15.1. The highest BCUT2D eigenvalue weighted by Gasteiger charge is 2.26. The number of nitrogens with zero attached hydrogens (tertiary/aromatic N) is 3. The van der Waals surface area contributed by atoms with Crippen LogP contribution < -0.4 is 15.0 Å². The van der Waals surface area contributed by atoms with E-state index in [2.05, 4.69) is 20.2 Å². The molecule has 31 heavy (non-hydrogen) atoms. The third-order valence-electron chi connectivity index (χ3n) is 5.57. The van der Waals surface area contributed by atoms with E-state index in [-0.39, 0.29) is 24.2 Å². The summed E-state index contributed by atoms with van der Waals surface area (Å²) in [7, 11) is 1.64. The summed E-state index contributed by atoms with van der Waals surface area (Å²) in [4.78, 5) is 23.6. The van der Waals surface area contributed by atoms with Gasteiger partial charge in [-0.25, -0.2) is 14.4 Å². The number of hydrogen-bond acceptors (Lipinski definition) is 5. The summed E-state index contributed by atoms with van der Waals surface area (Å²) in [6, 6.07) is 16.2. The van der Waals surface area contributed by atoms with Crippen molar-refractivity contribution in [1.29, 1.82) is 0 Å². The van der Waals surface area contributed by atoms with Crippen LogP contribution in [0.4, 0.5) is 10.2 Å². The van der Waals surface area contributed by atoms with Gasteiger partial charge in [-0.15, -0.1) is 0 Å². The van der Waals surface area contributed by atoms with Crippen LogP contribution in [-0.2, 0) is 11.3 Å².